The van der Waals surface area contributed by atoms with Crippen LogP contribution in [0.25, 0.3) is 11.3 Å². The van der Waals surface area contributed by atoms with Crippen LogP contribution >= 0.6 is 11.6 Å². The number of aliphatic imine (C=N–C) groups is 1. The lowest BCUT2D eigenvalue weighted by molar-refractivity contribution is -0.122. The molecule has 2 N–H and O–H groups in total. The molecule has 1 aromatic heterocycles. The fourth-order valence-electron chi connectivity index (χ4n) is 3.65. The molecule has 0 bridgehead atoms. The Morgan fingerprint density at radius 1 is 1.20 bits per heavy atom. The SMILES string of the molecule is CC1N=C(N(C)CCN(C)C)C=CC1(C(N)=O)c1ccc(Cl)c(-c2ccccn2)c1. The molecule has 2 heterocycles. The second-order valence-corrected chi connectivity index (χ2v) is 8.27. The molecule has 2 aromatic rings. The van der Waals surface area contributed by atoms with Crippen molar-refractivity contribution in [3.8, 4) is 11.3 Å². The fourth-order valence-corrected chi connectivity index (χ4v) is 3.86. The number of rotatable bonds is 6. The predicted molar refractivity (Wildman–Crippen MR) is 123 cm³/mol. The van der Waals surface area contributed by atoms with E-state index in [4.69, 9.17) is 22.3 Å². The summed E-state index contributed by atoms with van der Waals surface area (Å²) in [6.07, 6.45) is 5.47. The van der Waals surface area contributed by atoms with E-state index in [1.54, 1.807) is 12.3 Å². The number of nitrogens with two attached hydrogens (primary N) is 1. The first-order valence-corrected chi connectivity index (χ1v) is 10.3. The third-order valence-corrected chi connectivity index (χ3v) is 5.88. The van der Waals surface area contributed by atoms with Crippen LogP contribution in [0.2, 0.25) is 5.02 Å². The Labute approximate surface area is 183 Å². The molecule has 3 rings (SSSR count). The molecule has 0 saturated heterocycles. The molecule has 2 unspecified atom stereocenters. The van der Waals surface area contributed by atoms with Gasteiger partial charge in [0.25, 0.3) is 0 Å². The second kappa shape index (κ2) is 8.98. The molecule has 0 saturated carbocycles. The van der Waals surface area contributed by atoms with Crippen LogP contribution in [0.5, 0.6) is 0 Å². The summed E-state index contributed by atoms with van der Waals surface area (Å²) in [5.74, 6) is 0.388. The topological polar surface area (TPSA) is 74.8 Å². The van der Waals surface area contributed by atoms with Crippen LogP contribution < -0.4 is 5.73 Å². The fraction of sp³-hybridized carbons (Fsp3) is 0.348. The molecule has 2 atom stereocenters. The molecule has 1 aliphatic rings. The van der Waals surface area contributed by atoms with E-state index in [0.717, 1.165) is 35.7 Å². The summed E-state index contributed by atoms with van der Waals surface area (Å²) in [5.41, 5.74) is 7.14. The first-order valence-electron chi connectivity index (χ1n) is 9.90. The molecule has 1 aliphatic heterocycles. The number of amides is 1. The number of hydrogen-bond donors (Lipinski definition) is 1. The van der Waals surface area contributed by atoms with Crippen molar-refractivity contribution in [2.24, 2.45) is 10.7 Å². The number of benzene rings is 1. The Morgan fingerprint density at radius 2 is 1.97 bits per heavy atom. The largest absolute Gasteiger partial charge is 0.369 e. The van der Waals surface area contributed by atoms with E-state index in [-0.39, 0.29) is 6.04 Å². The van der Waals surface area contributed by atoms with E-state index in [0.29, 0.717) is 5.02 Å². The van der Waals surface area contributed by atoms with Gasteiger partial charge in [0.2, 0.25) is 5.91 Å². The summed E-state index contributed by atoms with van der Waals surface area (Å²) in [7, 11) is 6.07. The molecular formula is C23H28ClN5O. The number of hydrogen-bond acceptors (Lipinski definition) is 5. The Morgan fingerprint density at radius 3 is 2.57 bits per heavy atom. The van der Waals surface area contributed by atoms with Gasteiger partial charge in [-0.25, -0.2) is 0 Å². The molecule has 30 heavy (non-hydrogen) atoms. The molecule has 0 fully saturated rings. The molecule has 7 heteroatoms. The van der Waals surface area contributed by atoms with Crippen molar-refractivity contribution in [3.63, 3.8) is 0 Å². The summed E-state index contributed by atoms with van der Waals surface area (Å²) in [6.45, 7) is 3.66. The van der Waals surface area contributed by atoms with Crippen LogP contribution in [0.1, 0.15) is 12.5 Å². The van der Waals surface area contributed by atoms with Crippen molar-refractivity contribution >= 4 is 23.3 Å². The van der Waals surface area contributed by atoms with Gasteiger partial charge in [0, 0.05) is 36.9 Å². The van der Waals surface area contributed by atoms with Gasteiger partial charge in [-0.15, -0.1) is 0 Å². The molecule has 6 nitrogen and oxygen atoms in total. The summed E-state index contributed by atoms with van der Waals surface area (Å²) in [5, 5.41) is 0.567. The quantitative estimate of drug-likeness (QED) is 0.772. The lowest BCUT2D eigenvalue weighted by Gasteiger charge is -2.36. The molecule has 1 amide bonds. The lowest BCUT2D eigenvalue weighted by Crippen LogP contribution is -2.50. The zero-order chi connectivity index (χ0) is 21.9. The lowest BCUT2D eigenvalue weighted by atomic mass is 9.72. The second-order valence-electron chi connectivity index (χ2n) is 7.86. The number of likely N-dealkylation sites (N-methyl/N-ethyl adjacent to an activating group) is 2. The van der Waals surface area contributed by atoms with Crippen LogP contribution in [0.4, 0.5) is 0 Å². The van der Waals surface area contributed by atoms with Gasteiger partial charge in [-0.1, -0.05) is 29.8 Å². The van der Waals surface area contributed by atoms with Crippen molar-refractivity contribution in [2.75, 3.05) is 34.2 Å². The maximum Gasteiger partial charge on any atom is 0.234 e. The highest BCUT2D eigenvalue weighted by Crippen LogP contribution is 2.38. The number of nitrogens with zero attached hydrogens (tertiary/aromatic N) is 4. The number of carbonyl (C=O) groups excluding carboxylic acids is 1. The van der Waals surface area contributed by atoms with Gasteiger partial charge in [-0.05, 0) is 56.9 Å². The maximum absolute atomic E-state index is 12.7. The first-order chi connectivity index (χ1) is 14.3. The minimum atomic E-state index is -1.06. The van der Waals surface area contributed by atoms with Gasteiger partial charge in [-0.3, -0.25) is 14.8 Å². The Hall–Kier alpha value is -2.70. The number of primary amides is 1. The van der Waals surface area contributed by atoms with Crippen LogP contribution in [0.15, 0.2) is 59.7 Å². The predicted octanol–water partition coefficient (Wildman–Crippen LogP) is 2.98. The Balaban J connectivity index is 1.99. The van der Waals surface area contributed by atoms with E-state index < -0.39 is 11.3 Å². The van der Waals surface area contributed by atoms with Crippen LogP contribution in [-0.4, -0.2) is 66.8 Å². The highest BCUT2D eigenvalue weighted by molar-refractivity contribution is 6.33. The van der Waals surface area contributed by atoms with E-state index >= 15 is 0 Å². The number of carbonyl (C=O) groups is 1. The van der Waals surface area contributed by atoms with Gasteiger partial charge >= 0.3 is 0 Å². The van der Waals surface area contributed by atoms with Crippen molar-refractivity contribution in [1.82, 2.24) is 14.8 Å². The number of halogens is 1. The number of dihydropyridines is 1. The van der Waals surface area contributed by atoms with Gasteiger partial charge < -0.3 is 15.5 Å². The minimum absolute atomic E-state index is 0.366. The average molecular weight is 426 g/mol. The standard InChI is InChI=1S/C23H28ClN5O/c1-16-23(22(25)30,11-10-21(27-16)29(4)14-13-28(2)3)17-8-9-19(24)18(15-17)20-7-5-6-12-26-20/h5-12,15-16H,13-14H2,1-4H3,(H2,25,30). The van der Waals surface area contributed by atoms with Crippen molar-refractivity contribution in [2.45, 2.75) is 18.4 Å². The average Bonchev–Trinajstić information content (AvgIpc) is 2.73. The third-order valence-electron chi connectivity index (χ3n) is 5.55. The normalized spacial score (nSPS) is 20.9. The van der Waals surface area contributed by atoms with Crippen molar-refractivity contribution < 1.29 is 4.79 Å². The van der Waals surface area contributed by atoms with Crippen LogP contribution in [0, 0.1) is 0 Å². The van der Waals surface area contributed by atoms with Gasteiger partial charge in [0.15, 0.2) is 0 Å². The van der Waals surface area contributed by atoms with E-state index in [2.05, 4.69) is 14.8 Å². The van der Waals surface area contributed by atoms with E-state index in [1.165, 1.54) is 0 Å². The molecule has 158 valence electrons. The van der Waals surface area contributed by atoms with Gasteiger partial charge in [0.05, 0.1) is 11.7 Å². The molecule has 0 aliphatic carbocycles. The van der Waals surface area contributed by atoms with Crippen molar-refractivity contribution in [3.05, 3.63) is 65.3 Å². The highest BCUT2D eigenvalue weighted by atomic mass is 35.5. The molecular weight excluding hydrogens is 398 g/mol. The smallest absolute Gasteiger partial charge is 0.234 e. The highest BCUT2D eigenvalue weighted by Gasteiger charge is 2.44. The minimum Gasteiger partial charge on any atom is -0.369 e. The molecule has 1 aromatic carbocycles. The maximum atomic E-state index is 12.7. The zero-order valence-electron chi connectivity index (χ0n) is 17.8. The number of pyridine rings is 1. The summed E-state index contributed by atoms with van der Waals surface area (Å²) < 4.78 is 0. The summed E-state index contributed by atoms with van der Waals surface area (Å²) >= 11 is 6.44. The van der Waals surface area contributed by atoms with Gasteiger partial charge in [0.1, 0.15) is 11.3 Å². The Bertz CT molecular complexity index is 973. The van der Waals surface area contributed by atoms with Gasteiger partial charge in [-0.2, -0.15) is 0 Å². The molecule has 0 spiro atoms. The summed E-state index contributed by atoms with van der Waals surface area (Å²) in [4.78, 5) is 26.2. The van der Waals surface area contributed by atoms with Crippen LogP contribution in [-0.2, 0) is 10.2 Å². The number of amidine groups is 1. The van der Waals surface area contributed by atoms with E-state index in [1.807, 2.05) is 70.6 Å². The Kier molecular flexibility index (Phi) is 6.58. The van der Waals surface area contributed by atoms with E-state index in [9.17, 15) is 4.79 Å². The zero-order valence-corrected chi connectivity index (χ0v) is 18.6. The summed E-state index contributed by atoms with van der Waals surface area (Å²) in [6, 6.07) is 10.8. The number of aromatic nitrogens is 1. The first kappa shape index (κ1) is 22.0. The van der Waals surface area contributed by atoms with Crippen LogP contribution in [0.3, 0.4) is 0 Å². The van der Waals surface area contributed by atoms with Crippen molar-refractivity contribution in [1.29, 1.82) is 0 Å². The third kappa shape index (κ3) is 4.25. The monoisotopic (exact) mass is 425 g/mol. The molecule has 0 radical (unpaired) electrons.